The maximum absolute atomic E-state index is 5.78. The predicted octanol–water partition coefficient (Wildman–Crippen LogP) is 3.19. The van der Waals surface area contributed by atoms with Crippen molar-refractivity contribution in [3.63, 3.8) is 0 Å². The predicted molar refractivity (Wildman–Crippen MR) is 73.9 cm³/mol. The van der Waals surface area contributed by atoms with E-state index < -0.39 is 0 Å². The summed E-state index contributed by atoms with van der Waals surface area (Å²) in [5, 5.41) is 6.26. The van der Waals surface area contributed by atoms with Gasteiger partial charge in [-0.25, -0.2) is 0 Å². The lowest BCUT2D eigenvalue weighted by atomic mass is 10.4. The molecule has 0 atom stereocenters. The molecule has 2 rings (SSSR count). The van der Waals surface area contributed by atoms with Gasteiger partial charge in [-0.3, -0.25) is 0 Å². The molecule has 0 spiro atoms. The summed E-state index contributed by atoms with van der Waals surface area (Å²) in [5.74, 6) is 1.12. The van der Waals surface area contributed by atoms with Crippen LogP contribution in [0.15, 0.2) is 17.5 Å². The molecular weight excluding hydrogens is 254 g/mol. The van der Waals surface area contributed by atoms with Gasteiger partial charge < -0.3 is 15.8 Å². The van der Waals surface area contributed by atoms with Crippen molar-refractivity contribution in [3.8, 4) is 5.75 Å². The largest absolute Gasteiger partial charge is 0.484 e. The van der Waals surface area contributed by atoms with Crippen molar-refractivity contribution in [2.45, 2.75) is 26.5 Å². The van der Waals surface area contributed by atoms with Crippen LogP contribution < -0.4 is 15.8 Å². The normalized spacial score (nSPS) is 10.8. The van der Waals surface area contributed by atoms with Crippen molar-refractivity contribution in [3.05, 3.63) is 22.4 Å². The van der Waals surface area contributed by atoms with Crippen molar-refractivity contribution in [2.24, 2.45) is 0 Å². The first kappa shape index (κ1) is 12.2. The smallest absolute Gasteiger partial charge is 0.197 e. The van der Waals surface area contributed by atoms with E-state index >= 15 is 0 Å². The summed E-state index contributed by atoms with van der Waals surface area (Å²) in [6.45, 7) is 4.72. The van der Waals surface area contributed by atoms with E-state index in [1.807, 2.05) is 19.9 Å². The molecule has 0 aliphatic rings. The highest BCUT2D eigenvalue weighted by molar-refractivity contribution is 7.11. The van der Waals surface area contributed by atoms with Crippen LogP contribution in [0.5, 0.6) is 5.75 Å². The highest BCUT2D eigenvalue weighted by atomic mass is 32.1. The Morgan fingerprint density at radius 1 is 1.53 bits per heavy atom. The summed E-state index contributed by atoms with van der Waals surface area (Å²) in [6.07, 6.45) is 0.0935. The molecule has 0 saturated heterocycles. The number of nitrogen functional groups attached to an aromatic ring is 1. The maximum Gasteiger partial charge on any atom is 0.197 e. The maximum atomic E-state index is 5.78. The van der Waals surface area contributed by atoms with Gasteiger partial charge in [-0.05, 0) is 36.8 Å². The molecule has 2 aromatic rings. The standard InChI is InChI=1S/C11H15N3OS2/c1-7(2)15-9-10(12)14-17-11(9)13-6-8-4-3-5-16-8/h3-5,7,13H,6H2,1-2H3,(H2,12,14). The lowest BCUT2D eigenvalue weighted by molar-refractivity contribution is 0.245. The van der Waals surface area contributed by atoms with Crippen LogP contribution in [0, 0.1) is 0 Å². The third kappa shape index (κ3) is 3.10. The third-order valence-corrected chi connectivity index (χ3v) is 3.71. The fourth-order valence-electron chi connectivity index (χ4n) is 1.34. The number of aromatic nitrogens is 1. The fourth-order valence-corrected chi connectivity index (χ4v) is 2.63. The van der Waals surface area contributed by atoms with Crippen LogP contribution in [0.25, 0.3) is 0 Å². The summed E-state index contributed by atoms with van der Waals surface area (Å²) in [4.78, 5) is 1.27. The summed E-state index contributed by atoms with van der Waals surface area (Å²) >= 11 is 3.05. The van der Waals surface area contributed by atoms with E-state index in [4.69, 9.17) is 10.5 Å². The molecule has 6 heteroatoms. The van der Waals surface area contributed by atoms with Gasteiger partial charge in [0.15, 0.2) is 16.6 Å². The first-order chi connectivity index (χ1) is 8.16. The number of hydrogen-bond donors (Lipinski definition) is 2. The van der Waals surface area contributed by atoms with E-state index in [-0.39, 0.29) is 6.10 Å². The van der Waals surface area contributed by atoms with Crippen LogP contribution in [-0.4, -0.2) is 10.5 Å². The molecule has 0 aliphatic carbocycles. The molecule has 0 aromatic carbocycles. The second-order valence-corrected chi connectivity index (χ2v) is 5.63. The molecule has 0 radical (unpaired) electrons. The highest BCUT2D eigenvalue weighted by Gasteiger charge is 2.14. The molecule has 2 heterocycles. The van der Waals surface area contributed by atoms with Crippen LogP contribution in [0.1, 0.15) is 18.7 Å². The van der Waals surface area contributed by atoms with E-state index in [0.717, 1.165) is 11.5 Å². The van der Waals surface area contributed by atoms with Crippen molar-refractivity contribution in [1.82, 2.24) is 4.37 Å². The quantitative estimate of drug-likeness (QED) is 0.875. The van der Waals surface area contributed by atoms with Crippen LogP contribution in [0.4, 0.5) is 10.8 Å². The third-order valence-electron chi connectivity index (χ3n) is 2.03. The van der Waals surface area contributed by atoms with Gasteiger partial charge in [0.25, 0.3) is 0 Å². The van der Waals surface area contributed by atoms with Crippen molar-refractivity contribution in [2.75, 3.05) is 11.1 Å². The Hall–Kier alpha value is -1.27. The first-order valence-corrected chi connectivity index (χ1v) is 7.00. The average Bonchev–Trinajstić information content (AvgIpc) is 2.88. The lowest BCUT2D eigenvalue weighted by Crippen LogP contribution is -2.08. The Kier molecular flexibility index (Phi) is 3.86. The number of anilines is 2. The molecule has 4 nitrogen and oxygen atoms in total. The van der Waals surface area contributed by atoms with Gasteiger partial charge in [-0.1, -0.05) is 6.07 Å². The van der Waals surface area contributed by atoms with E-state index in [9.17, 15) is 0 Å². The van der Waals surface area contributed by atoms with Crippen molar-refractivity contribution in [1.29, 1.82) is 0 Å². The monoisotopic (exact) mass is 269 g/mol. The van der Waals surface area contributed by atoms with E-state index in [1.54, 1.807) is 11.3 Å². The Morgan fingerprint density at radius 2 is 2.35 bits per heavy atom. The van der Waals surface area contributed by atoms with Crippen LogP contribution in [0.2, 0.25) is 0 Å². The summed E-state index contributed by atoms with van der Waals surface area (Å²) in [6, 6.07) is 4.12. The molecule has 0 fully saturated rings. The lowest BCUT2D eigenvalue weighted by Gasteiger charge is -2.11. The first-order valence-electron chi connectivity index (χ1n) is 5.35. The number of hydrogen-bond acceptors (Lipinski definition) is 6. The van der Waals surface area contributed by atoms with E-state index in [1.165, 1.54) is 16.4 Å². The van der Waals surface area contributed by atoms with Gasteiger partial charge in [-0.15, -0.1) is 11.3 Å². The molecule has 0 bridgehead atoms. The van der Waals surface area contributed by atoms with Gasteiger partial charge in [0.05, 0.1) is 12.6 Å². The number of ether oxygens (including phenoxy) is 1. The number of nitrogens with zero attached hydrogens (tertiary/aromatic N) is 1. The van der Waals surface area contributed by atoms with Crippen LogP contribution >= 0.6 is 22.9 Å². The molecule has 17 heavy (non-hydrogen) atoms. The van der Waals surface area contributed by atoms with Crippen molar-refractivity contribution >= 4 is 33.7 Å². The molecule has 0 amide bonds. The number of nitrogens with two attached hydrogens (primary N) is 1. The molecule has 3 N–H and O–H groups in total. The Balaban J connectivity index is 2.05. The fraction of sp³-hybridized carbons (Fsp3) is 0.364. The molecule has 0 unspecified atom stereocenters. The zero-order valence-corrected chi connectivity index (χ0v) is 11.4. The van der Waals surface area contributed by atoms with Gasteiger partial charge in [0.1, 0.15) is 0 Å². The minimum Gasteiger partial charge on any atom is -0.484 e. The van der Waals surface area contributed by atoms with Gasteiger partial charge >= 0.3 is 0 Å². The Morgan fingerprint density at radius 3 is 3.00 bits per heavy atom. The van der Waals surface area contributed by atoms with Gasteiger partial charge in [0.2, 0.25) is 0 Å². The summed E-state index contributed by atoms with van der Waals surface area (Å²) in [5.41, 5.74) is 5.78. The zero-order valence-electron chi connectivity index (χ0n) is 9.77. The van der Waals surface area contributed by atoms with Crippen molar-refractivity contribution < 1.29 is 4.74 Å². The minimum atomic E-state index is 0.0935. The van der Waals surface area contributed by atoms with Crippen LogP contribution in [0.3, 0.4) is 0 Å². The Labute approximate surface area is 109 Å². The molecule has 2 aromatic heterocycles. The van der Waals surface area contributed by atoms with Gasteiger partial charge in [-0.2, -0.15) is 4.37 Å². The number of nitrogens with one attached hydrogen (secondary N) is 1. The molecular formula is C11H15N3OS2. The minimum absolute atomic E-state index is 0.0935. The van der Waals surface area contributed by atoms with E-state index in [0.29, 0.717) is 11.6 Å². The second kappa shape index (κ2) is 5.37. The molecule has 0 saturated carbocycles. The zero-order chi connectivity index (χ0) is 12.3. The summed E-state index contributed by atoms with van der Waals surface area (Å²) < 4.78 is 9.75. The molecule has 92 valence electrons. The summed E-state index contributed by atoms with van der Waals surface area (Å²) in [7, 11) is 0. The number of thiophene rings is 1. The highest BCUT2D eigenvalue weighted by Crippen LogP contribution is 2.36. The topological polar surface area (TPSA) is 60.2 Å². The second-order valence-electron chi connectivity index (χ2n) is 3.83. The number of rotatable bonds is 5. The van der Waals surface area contributed by atoms with E-state index in [2.05, 4.69) is 21.1 Å². The van der Waals surface area contributed by atoms with Gasteiger partial charge in [0, 0.05) is 4.88 Å². The van der Waals surface area contributed by atoms with Crippen LogP contribution in [-0.2, 0) is 6.54 Å². The Bertz CT molecular complexity index is 465. The average molecular weight is 269 g/mol. The SMILES string of the molecule is CC(C)Oc1c(N)nsc1NCc1cccs1. The molecule has 0 aliphatic heterocycles.